The highest BCUT2D eigenvalue weighted by molar-refractivity contribution is 6.04. The monoisotopic (exact) mass is 428 g/mol. The molecule has 2 N–H and O–H groups in total. The summed E-state index contributed by atoms with van der Waals surface area (Å²) < 4.78 is 5.82. The number of aryl methyl sites for hydroxylation is 2. The van der Waals surface area contributed by atoms with Gasteiger partial charge in [0.1, 0.15) is 12.4 Å². The first-order chi connectivity index (χ1) is 15.6. The molecule has 0 unspecified atom stereocenters. The molecule has 4 rings (SSSR count). The number of amides is 2. The molecular weight excluding hydrogens is 400 g/mol. The molecule has 1 heterocycles. The molecule has 3 aromatic rings. The summed E-state index contributed by atoms with van der Waals surface area (Å²) in [7, 11) is 0. The van der Waals surface area contributed by atoms with Gasteiger partial charge in [-0.15, -0.1) is 0 Å². The second-order valence-electron chi connectivity index (χ2n) is 8.24. The van der Waals surface area contributed by atoms with E-state index in [4.69, 9.17) is 4.74 Å². The first-order valence-electron chi connectivity index (χ1n) is 11.0. The number of nitrogens with one attached hydrogen (secondary N) is 2. The van der Waals surface area contributed by atoms with Gasteiger partial charge in [0.05, 0.1) is 5.92 Å². The van der Waals surface area contributed by atoms with Crippen molar-refractivity contribution in [3.63, 3.8) is 0 Å². The van der Waals surface area contributed by atoms with Crippen molar-refractivity contribution in [2.45, 2.75) is 26.2 Å². The molecule has 2 amide bonds. The molecular formula is C27H28N2O3. The van der Waals surface area contributed by atoms with Crippen molar-refractivity contribution in [3.05, 3.63) is 95.1 Å². The molecule has 0 radical (unpaired) electrons. The third kappa shape index (κ3) is 5.55. The number of rotatable bonds is 7. The number of carbonyl (C=O) groups excluding carboxylic acids is 2. The van der Waals surface area contributed by atoms with Gasteiger partial charge in [-0.3, -0.25) is 9.59 Å². The van der Waals surface area contributed by atoms with E-state index in [0.717, 1.165) is 29.7 Å². The van der Waals surface area contributed by atoms with Crippen LogP contribution in [0.15, 0.2) is 72.8 Å². The maximum absolute atomic E-state index is 12.6. The molecule has 0 aliphatic carbocycles. The van der Waals surface area contributed by atoms with E-state index >= 15 is 0 Å². The summed E-state index contributed by atoms with van der Waals surface area (Å²) in [5, 5.41) is 5.98. The lowest BCUT2D eigenvalue weighted by atomic mass is 9.95. The van der Waals surface area contributed by atoms with Crippen molar-refractivity contribution in [2.75, 3.05) is 18.5 Å². The standard InChI is InChI=1S/C27H28N2O3/c1-19-7-5-11-21(15-19)27(31)29-24-12-13-25-22(17-24)16-23(18-32-25)26(30)28-14-6-10-20-8-3-2-4-9-20/h2-5,7-9,11-13,15,17,23H,6,10,14,16,18H2,1H3,(H,28,30)(H,29,31)/t23-/m0/s1. The van der Waals surface area contributed by atoms with Crippen LogP contribution >= 0.6 is 0 Å². The Morgan fingerprint density at radius 3 is 2.66 bits per heavy atom. The second-order valence-corrected chi connectivity index (χ2v) is 8.24. The number of fused-ring (bicyclic) bond motifs is 1. The van der Waals surface area contributed by atoms with Crippen molar-refractivity contribution in [3.8, 4) is 5.75 Å². The molecule has 3 aromatic carbocycles. The minimum atomic E-state index is -0.234. The fourth-order valence-electron chi connectivity index (χ4n) is 3.92. The van der Waals surface area contributed by atoms with Crippen LogP contribution in [-0.4, -0.2) is 25.0 Å². The van der Waals surface area contributed by atoms with Crippen LogP contribution in [0.1, 0.15) is 33.5 Å². The summed E-state index contributed by atoms with van der Waals surface area (Å²) in [6.45, 7) is 2.97. The van der Waals surface area contributed by atoms with Crippen LogP contribution in [0.2, 0.25) is 0 Å². The third-order valence-corrected chi connectivity index (χ3v) is 5.66. The molecule has 0 aromatic heterocycles. The largest absolute Gasteiger partial charge is 0.492 e. The van der Waals surface area contributed by atoms with Gasteiger partial charge in [-0.05, 0) is 67.6 Å². The van der Waals surface area contributed by atoms with Crippen molar-refractivity contribution in [2.24, 2.45) is 5.92 Å². The van der Waals surface area contributed by atoms with Gasteiger partial charge >= 0.3 is 0 Å². The summed E-state index contributed by atoms with van der Waals surface area (Å²) in [6.07, 6.45) is 2.43. The van der Waals surface area contributed by atoms with Crippen LogP contribution in [0, 0.1) is 12.8 Å². The molecule has 0 saturated heterocycles. The smallest absolute Gasteiger partial charge is 0.255 e. The van der Waals surface area contributed by atoms with E-state index in [1.807, 2.05) is 61.5 Å². The lowest BCUT2D eigenvalue weighted by Gasteiger charge is -2.25. The van der Waals surface area contributed by atoms with Crippen LogP contribution in [0.25, 0.3) is 0 Å². The highest BCUT2D eigenvalue weighted by Gasteiger charge is 2.26. The summed E-state index contributed by atoms with van der Waals surface area (Å²) >= 11 is 0. The molecule has 1 aliphatic rings. The average Bonchev–Trinajstić information content (AvgIpc) is 2.82. The Morgan fingerprint density at radius 2 is 1.84 bits per heavy atom. The van der Waals surface area contributed by atoms with E-state index < -0.39 is 0 Å². The quantitative estimate of drug-likeness (QED) is 0.543. The predicted octanol–water partition coefficient (Wildman–Crippen LogP) is 4.55. The Morgan fingerprint density at radius 1 is 1.00 bits per heavy atom. The normalized spacial score (nSPS) is 14.7. The Balaban J connectivity index is 1.31. The van der Waals surface area contributed by atoms with Crippen LogP contribution < -0.4 is 15.4 Å². The number of benzene rings is 3. The first kappa shape index (κ1) is 21.6. The van der Waals surface area contributed by atoms with Crippen molar-refractivity contribution in [1.82, 2.24) is 5.32 Å². The Kier molecular flexibility index (Phi) is 6.85. The van der Waals surface area contributed by atoms with Crippen LogP contribution in [0.4, 0.5) is 5.69 Å². The van der Waals surface area contributed by atoms with E-state index in [2.05, 4.69) is 22.8 Å². The summed E-state index contributed by atoms with van der Waals surface area (Å²) in [5.74, 6) is 0.393. The number of hydrogen-bond donors (Lipinski definition) is 2. The minimum Gasteiger partial charge on any atom is -0.492 e. The fraction of sp³-hybridized carbons (Fsp3) is 0.259. The van der Waals surface area contributed by atoms with Gasteiger partial charge in [-0.25, -0.2) is 0 Å². The van der Waals surface area contributed by atoms with E-state index in [1.54, 1.807) is 6.07 Å². The van der Waals surface area contributed by atoms with Gasteiger partial charge in [0.25, 0.3) is 5.91 Å². The van der Waals surface area contributed by atoms with Gasteiger partial charge in [0.2, 0.25) is 5.91 Å². The predicted molar refractivity (Wildman–Crippen MR) is 126 cm³/mol. The van der Waals surface area contributed by atoms with Gasteiger partial charge < -0.3 is 15.4 Å². The molecule has 1 aliphatic heterocycles. The van der Waals surface area contributed by atoms with Crippen LogP contribution in [-0.2, 0) is 17.6 Å². The number of hydrogen-bond acceptors (Lipinski definition) is 3. The zero-order valence-corrected chi connectivity index (χ0v) is 18.3. The van der Waals surface area contributed by atoms with Crippen LogP contribution in [0.3, 0.4) is 0 Å². The van der Waals surface area contributed by atoms with E-state index in [-0.39, 0.29) is 17.7 Å². The van der Waals surface area contributed by atoms with Gasteiger partial charge in [-0.1, -0.05) is 48.0 Å². The average molecular weight is 429 g/mol. The molecule has 5 nitrogen and oxygen atoms in total. The highest BCUT2D eigenvalue weighted by Crippen LogP contribution is 2.30. The summed E-state index contributed by atoms with van der Waals surface area (Å²) in [6, 6.07) is 23.3. The van der Waals surface area contributed by atoms with E-state index in [9.17, 15) is 9.59 Å². The number of ether oxygens (including phenoxy) is 1. The zero-order chi connectivity index (χ0) is 22.3. The number of anilines is 1. The van der Waals surface area contributed by atoms with E-state index in [0.29, 0.717) is 30.8 Å². The van der Waals surface area contributed by atoms with Crippen molar-refractivity contribution >= 4 is 17.5 Å². The topological polar surface area (TPSA) is 67.4 Å². The zero-order valence-electron chi connectivity index (χ0n) is 18.3. The third-order valence-electron chi connectivity index (χ3n) is 5.66. The molecule has 0 bridgehead atoms. The molecule has 5 heteroatoms. The van der Waals surface area contributed by atoms with E-state index in [1.165, 1.54) is 5.56 Å². The second kappa shape index (κ2) is 10.1. The minimum absolute atomic E-state index is 0.0120. The highest BCUT2D eigenvalue weighted by atomic mass is 16.5. The summed E-state index contributed by atoms with van der Waals surface area (Å²) in [4.78, 5) is 25.2. The Hall–Kier alpha value is -3.60. The SMILES string of the molecule is Cc1cccc(C(=O)Nc2ccc3c(c2)C[C@H](C(=O)NCCCc2ccccc2)CO3)c1. The molecule has 32 heavy (non-hydrogen) atoms. The first-order valence-corrected chi connectivity index (χ1v) is 11.0. The number of carbonyl (C=O) groups is 2. The lowest BCUT2D eigenvalue weighted by Crippen LogP contribution is -2.37. The Labute approximate surface area is 188 Å². The van der Waals surface area contributed by atoms with Gasteiger partial charge in [0, 0.05) is 17.8 Å². The Bertz CT molecular complexity index is 1100. The van der Waals surface area contributed by atoms with Crippen LogP contribution in [0.5, 0.6) is 5.75 Å². The summed E-state index contributed by atoms with van der Waals surface area (Å²) in [5.41, 5.74) is 4.56. The molecule has 0 fully saturated rings. The fourth-order valence-corrected chi connectivity index (χ4v) is 3.92. The maximum Gasteiger partial charge on any atom is 0.255 e. The van der Waals surface area contributed by atoms with Crippen molar-refractivity contribution in [1.29, 1.82) is 0 Å². The molecule has 164 valence electrons. The molecule has 1 atom stereocenters. The van der Waals surface area contributed by atoms with Gasteiger partial charge in [0.15, 0.2) is 0 Å². The lowest BCUT2D eigenvalue weighted by molar-refractivity contribution is -0.126. The molecule has 0 spiro atoms. The van der Waals surface area contributed by atoms with Gasteiger partial charge in [-0.2, -0.15) is 0 Å². The van der Waals surface area contributed by atoms with Crippen molar-refractivity contribution < 1.29 is 14.3 Å². The molecule has 0 saturated carbocycles. The maximum atomic E-state index is 12.6.